The van der Waals surface area contributed by atoms with Crippen molar-refractivity contribution in [2.45, 2.75) is 25.6 Å². The molecule has 0 fully saturated rings. The maximum Gasteiger partial charge on any atom is 0.416 e. The number of halogens is 3. The van der Waals surface area contributed by atoms with E-state index in [1.165, 1.54) is 12.1 Å². The second-order valence-corrected chi connectivity index (χ2v) is 4.92. The summed E-state index contributed by atoms with van der Waals surface area (Å²) in [5.74, 6) is 0. The molecule has 2 rings (SSSR count). The van der Waals surface area contributed by atoms with E-state index in [0.717, 1.165) is 11.6 Å². The van der Waals surface area contributed by atoms with E-state index >= 15 is 0 Å². The summed E-state index contributed by atoms with van der Waals surface area (Å²) in [6, 6.07) is 5.32. The molecule has 0 amide bonds. The van der Waals surface area contributed by atoms with Crippen LogP contribution in [0, 0.1) is 0 Å². The highest BCUT2D eigenvalue weighted by atomic mass is 19.4. The highest BCUT2D eigenvalue weighted by Crippen LogP contribution is 2.35. The number of hydrogen-bond donors (Lipinski definition) is 1. The number of likely N-dealkylation sites (N-methyl/N-ethyl adjacent to an activating group) is 1. The molecule has 3 nitrogen and oxygen atoms in total. The van der Waals surface area contributed by atoms with Gasteiger partial charge in [0.2, 0.25) is 0 Å². The first kappa shape index (κ1) is 15.6. The van der Waals surface area contributed by atoms with Gasteiger partial charge in [-0.05, 0) is 30.2 Å². The van der Waals surface area contributed by atoms with Gasteiger partial charge in [-0.2, -0.15) is 18.3 Å². The Labute approximate surface area is 121 Å². The van der Waals surface area contributed by atoms with Gasteiger partial charge < -0.3 is 5.32 Å². The van der Waals surface area contributed by atoms with Gasteiger partial charge in [-0.25, -0.2) is 0 Å². The molecular formula is C15H18F3N3. The number of aryl methyl sites for hydroxylation is 1. The third kappa shape index (κ3) is 3.85. The minimum Gasteiger partial charge on any atom is -0.310 e. The predicted molar refractivity (Wildman–Crippen MR) is 74.8 cm³/mol. The molecule has 21 heavy (non-hydrogen) atoms. The molecule has 1 atom stereocenters. The third-order valence-corrected chi connectivity index (χ3v) is 3.29. The summed E-state index contributed by atoms with van der Waals surface area (Å²) in [5, 5.41) is 7.19. The average Bonchev–Trinajstić information content (AvgIpc) is 2.83. The molecule has 0 aliphatic carbocycles. The van der Waals surface area contributed by atoms with Crippen molar-refractivity contribution in [2.24, 2.45) is 7.05 Å². The molecular weight excluding hydrogens is 279 g/mol. The lowest BCUT2D eigenvalue weighted by Gasteiger charge is -2.22. The van der Waals surface area contributed by atoms with Gasteiger partial charge in [-0.1, -0.05) is 25.1 Å². The van der Waals surface area contributed by atoms with Crippen molar-refractivity contribution in [1.29, 1.82) is 0 Å². The van der Waals surface area contributed by atoms with Gasteiger partial charge >= 0.3 is 6.18 Å². The highest BCUT2D eigenvalue weighted by molar-refractivity contribution is 5.33. The monoisotopic (exact) mass is 297 g/mol. The molecule has 0 aliphatic rings. The van der Waals surface area contributed by atoms with Gasteiger partial charge in [0.1, 0.15) is 0 Å². The van der Waals surface area contributed by atoms with E-state index in [2.05, 4.69) is 10.4 Å². The molecule has 0 saturated carbocycles. The van der Waals surface area contributed by atoms with E-state index in [9.17, 15) is 13.2 Å². The largest absolute Gasteiger partial charge is 0.416 e. The Bertz CT molecular complexity index is 590. The van der Waals surface area contributed by atoms with Crippen molar-refractivity contribution >= 4 is 0 Å². The second kappa shape index (κ2) is 6.30. The van der Waals surface area contributed by atoms with Crippen LogP contribution in [-0.4, -0.2) is 16.3 Å². The minimum atomic E-state index is -4.35. The highest BCUT2D eigenvalue weighted by Gasteiger charge is 2.34. The number of nitrogens with zero attached hydrogens (tertiary/aromatic N) is 2. The van der Waals surface area contributed by atoms with Gasteiger partial charge in [0.15, 0.2) is 0 Å². The van der Waals surface area contributed by atoms with Crippen LogP contribution in [0.1, 0.15) is 29.7 Å². The van der Waals surface area contributed by atoms with Crippen molar-refractivity contribution in [3.8, 4) is 0 Å². The minimum absolute atomic E-state index is 0.274. The number of aromatic nitrogens is 2. The Hall–Kier alpha value is -1.82. The molecule has 1 N–H and O–H groups in total. The van der Waals surface area contributed by atoms with Crippen molar-refractivity contribution in [3.05, 3.63) is 53.3 Å². The van der Waals surface area contributed by atoms with Crippen LogP contribution in [-0.2, 0) is 19.6 Å². The molecule has 1 unspecified atom stereocenters. The van der Waals surface area contributed by atoms with E-state index < -0.39 is 17.8 Å². The second-order valence-electron chi connectivity index (χ2n) is 4.92. The van der Waals surface area contributed by atoms with E-state index in [1.54, 1.807) is 24.0 Å². The van der Waals surface area contributed by atoms with E-state index in [-0.39, 0.29) is 5.56 Å². The summed E-state index contributed by atoms with van der Waals surface area (Å²) in [7, 11) is 1.79. The van der Waals surface area contributed by atoms with Crippen LogP contribution in [0.2, 0.25) is 0 Å². The van der Waals surface area contributed by atoms with Crippen LogP contribution >= 0.6 is 0 Å². The van der Waals surface area contributed by atoms with Crippen LogP contribution in [0.15, 0.2) is 36.7 Å². The van der Waals surface area contributed by atoms with E-state index in [0.29, 0.717) is 13.0 Å². The molecule has 2 aromatic rings. The molecule has 0 spiro atoms. The van der Waals surface area contributed by atoms with Crippen LogP contribution in [0.4, 0.5) is 13.2 Å². The van der Waals surface area contributed by atoms with Gasteiger partial charge in [-0.3, -0.25) is 4.68 Å². The number of rotatable bonds is 5. The topological polar surface area (TPSA) is 29.9 Å². The zero-order chi connectivity index (χ0) is 15.5. The third-order valence-electron chi connectivity index (χ3n) is 3.29. The summed E-state index contributed by atoms with van der Waals surface area (Å²) in [5.41, 5.74) is 0.593. The molecule has 1 aromatic carbocycles. The van der Waals surface area contributed by atoms with E-state index in [4.69, 9.17) is 0 Å². The number of hydrogen-bond acceptors (Lipinski definition) is 2. The summed E-state index contributed by atoms with van der Waals surface area (Å²) >= 11 is 0. The van der Waals surface area contributed by atoms with Gasteiger partial charge in [0, 0.05) is 19.3 Å². The van der Waals surface area contributed by atoms with Gasteiger partial charge in [-0.15, -0.1) is 0 Å². The maximum absolute atomic E-state index is 13.1. The lowest BCUT2D eigenvalue weighted by atomic mass is 9.95. The van der Waals surface area contributed by atoms with Crippen LogP contribution in [0.5, 0.6) is 0 Å². The first-order chi connectivity index (χ1) is 9.91. The zero-order valence-corrected chi connectivity index (χ0v) is 12.0. The first-order valence-electron chi connectivity index (χ1n) is 6.79. The molecule has 1 aromatic heterocycles. The lowest BCUT2D eigenvalue weighted by Crippen LogP contribution is -2.25. The van der Waals surface area contributed by atoms with Crippen LogP contribution in [0.3, 0.4) is 0 Å². The molecule has 1 heterocycles. The molecule has 0 saturated heterocycles. The van der Waals surface area contributed by atoms with Crippen molar-refractivity contribution in [1.82, 2.24) is 15.1 Å². The summed E-state index contributed by atoms with van der Waals surface area (Å²) < 4.78 is 41.1. The molecule has 6 heteroatoms. The molecule has 114 valence electrons. The quantitative estimate of drug-likeness (QED) is 0.917. The smallest absolute Gasteiger partial charge is 0.310 e. The predicted octanol–water partition coefficient (Wildman–Crippen LogP) is 3.33. The summed E-state index contributed by atoms with van der Waals surface area (Å²) in [6.07, 6.45) is -0.380. The number of nitrogens with one attached hydrogen (secondary N) is 1. The fourth-order valence-corrected chi connectivity index (χ4v) is 2.41. The zero-order valence-electron chi connectivity index (χ0n) is 12.0. The van der Waals surface area contributed by atoms with Crippen molar-refractivity contribution in [3.63, 3.8) is 0 Å². The fraction of sp³-hybridized carbons (Fsp3) is 0.400. The molecule has 0 bridgehead atoms. The number of benzene rings is 1. The Balaban J connectivity index is 2.34. The standard InChI is InChI=1S/C15H18F3N3/c1-3-19-14(8-11-9-20-21(2)10-11)12-6-4-5-7-13(12)15(16,17)18/h4-7,9-10,14,19H,3,8H2,1-2H3. The normalized spacial score (nSPS) is 13.4. The lowest BCUT2D eigenvalue weighted by molar-refractivity contribution is -0.138. The summed E-state index contributed by atoms with van der Waals surface area (Å²) in [6.45, 7) is 2.48. The van der Waals surface area contributed by atoms with E-state index in [1.807, 2.05) is 13.1 Å². The first-order valence-corrected chi connectivity index (χ1v) is 6.79. The molecule has 0 radical (unpaired) electrons. The maximum atomic E-state index is 13.1. The average molecular weight is 297 g/mol. The summed E-state index contributed by atoms with van der Waals surface area (Å²) in [4.78, 5) is 0. The fourth-order valence-electron chi connectivity index (χ4n) is 2.41. The Morgan fingerprint density at radius 3 is 2.57 bits per heavy atom. The van der Waals surface area contributed by atoms with Crippen LogP contribution < -0.4 is 5.32 Å². The van der Waals surface area contributed by atoms with Gasteiger partial charge in [0.05, 0.1) is 11.8 Å². The van der Waals surface area contributed by atoms with Crippen molar-refractivity contribution < 1.29 is 13.2 Å². The number of alkyl halides is 3. The van der Waals surface area contributed by atoms with Crippen molar-refractivity contribution in [2.75, 3.05) is 6.54 Å². The molecule has 0 aliphatic heterocycles. The SMILES string of the molecule is CCNC(Cc1cnn(C)c1)c1ccccc1C(F)(F)F. The van der Waals surface area contributed by atoms with Crippen LogP contribution in [0.25, 0.3) is 0 Å². The Morgan fingerprint density at radius 2 is 2.00 bits per heavy atom. The van der Waals surface area contributed by atoms with Gasteiger partial charge in [0.25, 0.3) is 0 Å². The Morgan fingerprint density at radius 1 is 1.29 bits per heavy atom. The Kier molecular flexibility index (Phi) is 4.67.